The van der Waals surface area contributed by atoms with Crippen molar-refractivity contribution in [1.82, 2.24) is 4.98 Å². The van der Waals surface area contributed by atoms with Crippen LogP contribution in [0.1, 0.15) is 28.9 Å². The number of benzene rings is 1. The highest BCUT2D eigenvalue weighted by atomic mass is 16.5. The molecule has 22 heavy (non-hydrogen) atoms. The Kier molecular flexibility index (Phi) is 4.88. The molecule has 0 aliphatic rings. The highest BCUT2D eigenvalue weighted by Gasteiger charge is 2.15. The van der Waals surface area contributed by atoms with Crippen molar-refractivity contribution in [2.24, 2.45) is 0 Å². The first-order valence-corrected chi connectivity index (χ1v) is 6.87. The van der Waals surface area contributed by atoms with Crippen LogP contribution < -0.4 is 0 Å². The molecule has 5 heteroatoms. The second-order valence-corrected chi connectivity index (χ2v) is 4.96. The summed E-state index contributed by atoms with van der Waals surface area (Å²) >= 11 is 0. The van der Waals surface area contributed by atoms with Gasteiger partial charge in [-0.3, -0.25) is 9.59 Å². The number of aromatic nitrogens is 1. The summed E-state index contributed by atoms with van der Waals surface area (Å²) in [6, 6.07) is 9.27. The van der Waals surface area contributed by atoms with E-state index < -0.39 is 11.8 Å². The third-order valence-electron chi connectivity index (χ3n) is 3.30. The molecule has 1 aromatic heterocycles. The van der Waals surface area contributed by atoms with Crippen molar-refractivity contribution in [2.75, 3.05) is 7.11 Å². The van der Waals surface area contributed by atoms with Crippen LogP contribution in [0, 0.1) is 6.92 Å². The summed E-state index contributed by atoms with van der Waals surface area (Å²) in [6.07, 6.45) is 1.46. The Morgan fingerprint density at radius 2 is 1.82 bits per heavy atom. The van der Waals surface area contributed by atoms with Crippen molar-refractivity contribution in [3.63, 3.8) is 0 Å². The van der Waals surface area contributed by atoms with E-state index in [1.165, 1.54) is 19.4 Å². The summed E-state index contributed by atoms with van der Waals surface area (Å²) < 4.78 is 4.48. The van der Waals surface area contributed by atoms with Gasteiger partial charge in [0.05, 0.1) is 13.5 Å². The molecule has 0 fully saturated rings. The average Bonchev–Trinajstić information content (AvgIpc) is 2.52. The molecule has 0 unspecified atom stereocenters. The Labute approximate surface area is 128 Å². The molecular formula is C17H17NO4. The van der Waals surface area contributed by atoms with E-state index in [0.29, 0.717) is 0 Å². The SMILES string of the molecule is COC(=O)CCC(=O)c1ncc(-c2ccc(C)cc2)cc1O. The van der Waals surface area contributed by atoms with E-state index in [2.05, 4.69) is 9.72 Å². The fraction of sp³-hybridized carbons (Fsp3) is 0.235. The first-order valence-electron chi connectivity index (χ1n) is 6.87. The molecule has 2 rings (SSSR count). The Morgan fingerprint density at radius 3 is 2.41 bits per heavy atom. The maximum absolute atomic E-state index is 11.9. The normalized spacial score (nSPS) is 10.3. The predicted octanol–water partition coefficient (Wildman–Crippen LogP) is 2.90. The number of aryl methyl sites for hydroxylation is 1. The van der Waals surface area contributed by atoms with Crippen molar-refractivity contribution in [3.8, 4) is 16.9 Å². The van der Waals surface area contributed by atoms with E-state index >= 15 is 0 Å². The summed E-state index contributed by atoms with van der Waals surface area (Å²) in [7, 11) is 1.26. The monoisotopic (exact) mass is 299 g/mol. The number of hydrogen-bond acceptors (Lipinski definition) is 5. The number of esters is 1. The molecule has 0 saturated heterocycles. The standard InChI is InChI=1S/C17H17NO4/c1-11-3-5-12(6-4-11)13-9-15(20)17(18-10-13)14(19)7-8-16(21)22-2/h3-6,9-10,20H,7-8H2,1-2H3. The number of carbonyl (C=O) groups excluding carboxylic acids is 2. The lowest BCUT2D eigenvalue weighted by atomic mass is 10.0. The molecule has 1 N–H and O–H groups in total. The van der Waals surface area contributed by atoms with Gasteiger partial charge in [0.1, 0.15) is 11.4 Å². The van der Waals surface area contributed by atoms with Gasteiger partial charge in [-0.2, -0.15) is 0 Å². The third kappa shape index (κ3) is 3.69. The molecule has 0 spiro atoms. The molecule has 0 saturated carbocycles. The molecule has 5 nitrogen and oxygen atoms in total. The van der Waals surface area contributed by atoms with E-state index in [1.54, 1.807) is 0 Å². The fourth-order valence-electron chi connectivity index (χ4n) is 2.01. The Morgan fingerprint density at radius 1 is 1.14 bits per heavy atom. The lowest BCUT2D eigenvalue weighted by Gasteiger charge is -2.06. The minimum absolute atomic E-state index is 0.0280. The van der Waals surface area contributed by atoms with Crippen LogP contribution in [0.15, 0.2) is 36.5 Å². The quantitative estimate of drug-likeness (QED) is 0.678. The topological polar surface area (TPSA) is 76.5 Å². The predicted molar refractivity (Wildman–Crippen MR) is 81.7 cm³/mol. The number of carbonyl (C=O) groups is 2. The van der Waals surface area contributed by atoms with Crippen molar-refractivity contribution < 1.29 is 19.4 Å². The number of methoxy groups -OCH3 is 1. The largest absolute Gasteiger partial charge is 0.506 e. The van der Waals surface area contributed by atoms with Crippen LogP contribution in [0.4, 0.5) is 0 Å². The molecule has 0 bridgehead atoms. The van der Waals surface area contributed by atoms with E-state index in [0.717, 1.165) is 16.7 Å². The molecule has 0 aliphatic heterocycles. The number of pyridine rings is 1. The fourth-order valence-corrected chi connectivity index (χ4v) is 2.01. The molecule has 2 aromatic rings. The summed E-state index contributed by atoms with van der Waals surface area (Å²) in [6.45, 7) is 1.99. The van der Waals surface area contributed by atoms with Crippen LogP contribution in [0.5, 0.6) is 5.75 Å². The van der Waals surface area contributed by atoms with Crippen LogP contribution in [0.3, 0.4) is 0 Å². The van der Waals surface area contributed by atoms with Crippen molar-refractivity contribution >= 4 is 11.8 Å². The Bertz CT molecular complexity index is 692. The van der Waals surface area contributed by atoms with E-state index in [9.17, 15) is 14.7 Å². The zero-order valence-electron chi connectivity index (χ0n) is 12.5. The number of hydrogen-bond donors (Lipinski definition) is 1. The molecule has 1 heterocycles. The molecule has 114 valence electrons. The number of rotatable bonds is 5. The highest BCUT2D eigenvalue weighted by Crippen LogP contribution is 2.25. The minimum Gasteiger partial charge on any atom is -0.506 e. The highest BCUT2D eigenvalue weighted by molar-refractivity contribution is 5.98. The van der Waals surface area contributed by atoms with E-state index in [4.69, 9.17) is 0 Å². The van der Waals surface area contributed by atoms with Crippen LogP contribution >= 0.6 is 0 Å². The third-order valence-corrected chi connectivity index (χ3v) is 3.30. The Hall–Kier alpha value is -2.69. The van der Waals surface area contributed by atoms with Gasteiger partial charge in [0, 0.05) is 18.2 Å². The molecular weight excluding hydrogens is 282 g/mol. The number of nitrogens with zero attached hydrogens (tertiary/aromatic N) is 1. The summed E-state index contributed by atoms with van der Waals surface area (Å²) in [5.41, 5.74) is 2.74. The lowest BCUT2D eigenvalue weighted by molar-refractivity contribution is -0.140. The van der Waals surface area contributed by atoms with Gasteiger partial charge in [-0.15, -0.1) is 0 Å². The second kappa shape index (κ2) is 6.85. The van der Waals surface area contributed by atoms with Gasteiger partial charge in [-0.1, -0.05) is 29.8 Å². The number of aromatic hydroxyl groups is 1. The van der Waals surface area contributed by atoms with Crippen LogP contribution in [-0.4, -0.2) is 29.0 Å². The van der Waals surface area contributed by atoms with Gasteiger partial charge in [0.15, 0.2) is 5.78 Å². The molecule has 1 aromatic carbocycles. The molecule has 0 amide bonds. The van der Waals surface area contributed by atoms with Gasteiger partial charge in [-0.25, -0.2) is 4.98 Å². The van der Waals surface area contributed by atoms with Crippen molar-refractivity contribution in [3.05, 3.63) is 47.8 Å². The van der Waals surface area contributed by atoms with Gasteiger partial charge >= 0.3 is 5.97 Å². The van der Waals surface area contributed by atoms with Gasteiger partial charge in [0.25, 0.3) is 0 Å². The van der Waals surface area contributed by atoms with Gasteiger partial charge in [-0.05, 0) is 18.6 Å². The second-order valence-electron chi connectivity index (χ2n) is 4.96. The smallest absolute Gasteiger partial charge is 0.305 e. The summed E-state index contributed by atoms with van der Waals surface area (Å²) in [4.78, 5) is 27.0. The van der Waals surface area contributed by atoms with Gasteiger partial charge < -0.3 is 9.84 Å². The first-order chi connectivity index (χ1) is 10.5. The molecule has 0 radical (unpaired) electrons. The Balaban J connectivity index is 2.17. The van der Waals surface area contributed by atoms with E-state index in [1.807, 2.05) is 31.2 Å². The van der Waals surface area contributed by atoms with E-state index in [-0.39, 0.29) is 24.3 Å². The maximum Gasteiger partial charge on any atom is 0.305 e. The van der Waals surface area contributed by atoms with Crippen LogP contribution in [-0.2, 0) is 9.53 Å². The van der Waals surface area contributed by atoms with Crippen molar-refractivity contribution in [2.45, 2.75) is 19.8 Å². The molecule has 0 atom stereocenters. The zero-order chi connectivity index (χ0) is 16.1. The molecule has 0 aliphatic carbocycles. The maximum atomic E-state index is 11.9. The van der Waals surface area contributed by atoms with Crippen LogP contribution in [0.25, 0.3) is 11.1 Å². The average molecular weight is 299 g/mol. The number of Topliss-reactive ketones (excluding diaryl/α,β-unsaturated/α-hetero) is 1. The lowest BCUT2D eigenvalue weighted by Crippen LogP contribution is -2.07. The number of ketones is 1. The zero-order valence-corrected chi connectivity index (χ0v) is 12.5. The number of ether oxygens (including phenoxy) is 1. The summed E-state index contributed by atoms with van der Waals surface area (Å²) in [5, 5.41) is 10.0. The van der Waals surface area contributed by atoms with Gasteiger partial charge in [0.2, 0.25) is 0 Å². The van der Waals surface area contributed by atoms with Crippen LogP contribution in [0.2, 0.25) is 0 Å². The minimum atomic E-state index is -0.468. The first kappa shape index (κ1) is 15.7. The van der Waals surface area contributed by atoms with Crippen molar-refractivity contribution in [1.29, 1.82) is 0 Å². The summed E-state index contributed by atoms with van der Waals surface area (Å²) in [5.74, 6) is -1.05.